The summed E-state index contributed by atoms with van der Waals surface area (Å²) in [6.07, 6.45) is 1.74. The van der Waals surface area contributed by atoms with Crippen LogP contribution in [0.1, 0.15) is 24.9 Å². The Labute approximate surface area is 126 Å². The molecule has 8 nitrogen and oxygen atoms in total. The molecule has 3 rings (SSSR count). The van der Waals surface area contributed by atoms with Crippen LogP contribution in [0.2, 0.25) is 0 Å². The Morgan fingerprint density at radius 3 is 2.82 bits per heavy atom. The highest BCUT2D eigenvalue weighted by molar-refractivity contribution is 5.82. The lowest BCUT2D eigenvalue weighted by molar-refractivity contribution is 0.399. The average Bonchev–Trinajstić information content (AvgIpc) is 2.85. The Kier molecular flexibility index (Phi) is 3.52. The number of imidazole rings is 1. The maximum absolute atomic E-state index is 8.79. The topological polar surface area (TPSA) is 101 Å². The predicted molar refractivity (Wildman–Crippen MR) is 82.4 cm³/mol. The molecule has 0 unspecified atom stereocenters. The summed E-state index contributed by atoms with van der Waals surface area (Å²) in [6.45, 7) is 3.96. The molecule has 0 atom stereocenters. The summed E-state index contributed by atoms with van der Waals surface area (Å²) >= 11 is 0. The smallest absolute Gasteiger partial charge is 0.215 e. The van der Waals surface area contributed by atoms with E-state index in [1.165, 1.54) is 0 Å². The van der Waals surface area contributed by atoms with Crippen LogP contribution in [0.5, 0.6) is 5.88 Å². The van der Waals surface area contributed by atoms with Crippen LogP contribution in [0.15, 0.2) is 17.2 Å². The number of hydrogen-bond donors (Lipinski definition) is 0. The van der Waals surface area contributed by atoms with Gasteiger partial charge in [0.1, 0.15) is 11.3 Å². The molecule has 0 radical (unpaired) electrons. The minimum absolute atomic E-state index is 0.314. The number of fused-ring (bicyclic) bond motifs is 3. The molecule has 0 aliphatic rings. The summed E-state index contributed by atoms with van der Waals surface area (Å²) in [7, 11) is 1.57. The summed E-state index contributed by atoms with van der Waals surface area (Å²) < 4.78 is 7.11. The fourth-order valence-electron chi connectivity index (χ4n) is 2.54. The van der Waals surface area contributed by atoms with Gasteiger partial charge in [-0.25, -0.2) is 9.97 Å². The van der Waals surface area contributed by atoms with E-state index in [2.05, 4.69) is 31.9 Å². The van der Waals surface area contributed by atoms with Crippen molar-refractivity contribution in [3.63, 3.8) is 0 Å². The van der Waals surface area contributed by atoms with Crippen molar-refractivity contribution in [2.75, 3.05) is 7.11 Å². The number of rotatable bonds is 4. The number of azide groups is 1. The molecule has 3 heterocycles. The molecule has 0 spiro atoms. The van der Waals surface area contributed by atoms with Gasteiger partial charge in [0.2, 0.25) is 5.88 Å². The molecule has 0 bridgehead atoms. The number of aromatic nitrogens is 4. The van der Waals surface area contributed by atoms with Crippen molar-refractivity contribution in [3.05, 3.63) is 34.1 Å². The van der Waals surface area contributed by atoms with Gasteiger partial charge < -0.3 is 4.74 Å². The highest BCUT2D eigenvalue weighted by Gasteiger charge is 2.17. The van der Waals surface area contributed by atoms with Crippen LogP contribution < -0.4 is 4.74 Å². The van der Waals surface area contributed by atoms with E-state index in [9.17, 15) is 0 Å². The van der Waals surface area contributed by atoms with Crippen molar-refractivity contribution in [1.82, 2.24) is 19.4 Å². The molecule has 3 aromatic rings. The average molecular weight is 297 g/mol. The van der Waals surface area contributed by atoms with Crippen molar-refractivity contribution in [1.29, 1.82) is 0 Å². The van der Waals surface area contributed by atoms with E-state index < -0.39 is 0 Å². The summed E-state index contributed by atoms with van der Waals surface area (Å²) in [5.41, 5.74) is 11.5. The second kappa shape index (κ2) is 5.50. The van der Waals surface area contributed by atoms with Gasteiger partial charge in [-0.2, -0.15) is 4.98 Å². The molecule has 0 fully saturated rings. The van der Waals surface area contributed by atoms with Crippen LogP contribution in [-0.2, 0) is 6.42 Å². The lowest BCUT2D eigenvalue weighted by Crippen LogP contribution is -2.01. The Hall–Kier alpha value is -2.86. The molecule has 0 aliphatic carbocycles. The van der Waals surface area contributed by atoms with Gasteiger partial charge in [-0.15, -0.1) is 0 Å². The van der Waals surface area contributed by atoms with Gasteiger partial charge in [0, 0.05) is 17.4 Å². The molecule has 0 N–H and O–H groups in total. The maximum atomic E-state index is 8.79. The fraction of sp³-hybridized carbons (Fsp3) is 0.357. The Balaban J connectivity index is 2.51. The molecule has 112 valence electrons. The second-order valence-electron chi connectivity index (χ2n) is 4.87. The third-order valence-corrected chi connectivity index (χ3v) is 3.42. The molecular formula is C14H15N7O. The lowest BCUT2D eigenvalue weighted by atomic mass is 10.3. The molecule has 0 saturated heterocycles. The van der Waals surface area contributed by atoms with Crippen LogP contribution in [0.25, 0.3) is 27.1 Å². The predicted octanol–water partition coefficient (Wildman–Crippen LogP) is 3.49. The number of ether oxygens (including phenoxy) is 1. The molecule has 0 aliphatic heterocycles. The molecule has 3 aromatic heterocycles. The first-order chi connectivity index (χ1) is 10.7. The molecular weight excluding hydrogens is 282 g/mol. The van der Waals surface area contributed by atoms with Gasteiger partial charge in [0.15, 0.2) is 11.5 Å². The van der Waals surface area contributed by atoms with Gasteiger partial charge in [-0.3, -0.25) is 4.40 Å². The highest BCUT2D eigenvalue weighted by atomic mass is 16.5. The quantitative estimate of drug-likeness (QED) is 0.418. The lowest BCUT2D eigenvalue weighted by Gasteiger charge is -2.08. The van der Waals surface area contributed by atoms with Crippen molar-refractivity contribution in [2.45, 2.75) is 26.7 Å². The SMILES string of the molecule is CCCc1nc(C)c2c(N=[N+]=[N-])nc3ccc(OC)nc3n12. The summed E-state index contributed by atoms with van der Waals surface area (Å²) in [4.78, 5) is 16.3. The minimum atomic E-state index is 0.314. The third kappa shape index (κ3) is 2.10. The van der Waals surface area contributed by atoms with E-state index >= 15 is 0 Å². The third-order valence-electron chi connectivity index (χ3n) is 3.42. The van der Waals surface area contributed by atoms with E-state index in [1.54, 1.807) is 19.2 Å². The zero-order chi connectivity index (χ0) is 15.7. The largest absolute Gasteiger partial charge is 0.481 e. The van der Waals surface area contributed by atoms with Gasteiger partial charge in [-0.1, -0.05) is 6.92 Å². The second-order valence-corrected chi connectivity index (χ2v) is 4.87. The van der Waals surface area contributed by atoms with Crippen molar-refractivity contribution in [2.24, 2.45) is 5.11 Å². The summed E-state index contributed by atoms with van der Waals surface area (Å²) in [5, 5.41) is 3.71. The Morgan fingerprint density at radius 1 is 1.32 bits per heavy atom. The van der Waals surface area contributed by atoms with Gasteiger partial charge in [0.05, 0.1) is 18.3 Å². The molecule has 8 heteroatoms. The Morgan fingerprint density at radius 2 is 2.14 bits per heavy atom. The molecule has 0 aromatic carbocycles. The molecule has 0 saturated carbocycles. The van der Waals surface area contributed by atoms with Crippen LogP contribution in [0.4, 0.5) is 5.82 Å². The van der Waals surface area contributed by atoms with Gasteiger partial charge in [-0.05, 0) is 30.1 Å². The monoisotopic (exact) mass is 297 g/mol. The number of hydrogen-bond acceptors (Lipinski definition) is 5. The van der Waals surface area contributed by atoms with E-state index in [1.807, 2.05) is 11.3 Å². The van der Waals surface area contributed by atoms with Crippen LogP contribution >= 0.6 is 0 Å². The molecule has 22 heavy (non-hydrogen) atoms. The number of aryl methyl sites for hydroxylation is 2. The first-order valence-electron chi connectivity index (χ1n) is 6.97. The summed E-state index contributed by atoms with van der Waals surface area (Å²) in [5.74, 6) is 1.69. The fourth-order valence-corrected chi connectivity index (χ4v) is 2.54. The highest BCUT2D eigenvalue weighted by Crippen LogP contribution is 2.28. The number of pyridine rings is 1. The molecule has 0 amide bonds. The minimum Gasteiger partial charge on any atom is -0.481 e. The van der Waals surface area contributed by atoms with Crippen LogP contribution in [0, 0.1) is 6.92 Å². The number of methoxy groups -OCH3 is 1. The summed E-state index contributed by atoms with van der Waals surface area (Å²) in [6, 6.07) is 3.52. The van der Waals surface area contributed by atoms with Crippen LogP contribution in [-0.4, -0.2) is 26.5 Å². The zero-order valence-corrected chi connectivity index (χ0v) is 12.6. The Bertz CT molecular complexity index is 909. The first kappa shape index (κ1) is 14.1. The first-order valence-corrected chi connectivity index (χ1v) is 6.97. The van der Waals surface area contributed by atoms with E-state index in [0.717, 1.165) is 24.4 Å². The normalized spacial score (nSPS) is 10.9. The van der Waals surface area contributed by atoms with Gasteiger partial charge in [0.25, 0.3) is 0 Å². The van der Waals surface area contributed by atoms with E-state index in [4.69, 9.17) is 10.3 Å². The van der Waals surface area contributed by atoms with Crippen molar-refractivity contribution in [3.8, 4) is 5.88 Å². The standard InChI is InChI=1S/C14H15N7O/c1-4-5-10-16-8(2)12-13(19-20-15)17-9-6-7-11(22-3)18-14(9)21(10)12/h6-7H,4-5H2,1-3H3. The van der Waals surface area contributed by atoms with Gasteiger partial charge >= 0.3 is 0 Å². The maximum Gasteiger partial charge on any atom is 0.215 e. The van der Waals surface area contributed by atoms with E-state index in [0.29, 0.717) is 28.4 Å². The van der Waals surface area contributed by atoms with Crippen molar-refractivity contribution >= 4 is 22.5 Å². The van der Waals surface area contributed by atoms with Crippen molar-refractivity contribution < 1.29 is 4.74 Å². The van der Waals surface area contributed by atoms with E-state index in [-0.39, 0.29) is 0 Å². The zero-order valence-electron chi connectivity index (χ0n) is 12.6. The van der Waals surface area contributed by atoms with Crippen LogP contribution in [0.3, 0.4) is 0 Å². The number of nitrogens with zero attached hydrogens (tertiary/aromatic N) is 7.